The highest BCUT2D eigenvalue weighted by molar-refractivity contribution is 8.00. The van der Waals surface area contributed by atoms with Gasteiger partial charge in [-0.2, -0.15) is 11.8 Å². The minimum atomic E-state index is -0.110. The number of anilines is 1. The van der Waals surface area contributed by atoms with Crippen LogP contribution in [0.5, 0.6) is 0 Å². The van der Waals surface area contributed by atoms with Crippen molar-refractivity contribution in [2.24, 2.45) is 0 Å². The summed E-state index contributed by atoms with van der Waals surface area (Å²) in [6, 6.07) is 8.54. The van der Waals surface area contributed by atoms with Gasteiger partial charge in [0.2, 0.25) is 0 Å². The van der Waals surface area contributed by atoms with Gasteiger partial charge in [-0.3, -0.25) is 4.57 Å². The Hall–Kier alpha value is -1.62. The molecule has 4 nitrogen and oxygen atoms in total. The third kappa shape index (κ3) is 2.71. The first-order valence-corrected chi connectivity index (χ1v) is 7.52. The maximum Gasteiger partial charge on any atom is 0.330 e. The molecule has 2 aromatic rings. The number of thioether (sulfide) groups is 1. The van der Waals surface area contributed by atoms with Gasteiger partial charge < -0.3 is 10.3 Å². The zero-order chi connectivity index (χ0) is 13.2. The molecular formula is C14H17N3OS. The van der Waals surface area contributed by atoms with E-state index in [1.54, 1.807) is 17.0 Å². The highest BCUT2D eigenvalue weighted by Gasteiger charge is 2.21. The molecule has 0 aliphatic carbocycles. The first-order chi connectivity index (χ1) is 9.22. The molecular weight excluding hydrogens is 258 g/mol. The van der Waals surface area contributed by atoms with Gasteiger partial charge in [0.15, 0.2) is 0 Å². The molecule has 2 atom stereocenters. The van der Waals surface area contributed by atoms with Crippen molar-refractivity contribution in [3.05, 3.63) is 47.1 Å². The number of imidazole rings is 1. The molecule has 1 aliphatic rings. The summed E-state index contributed by atoms with van der Waals surface area (Å²) in [6.07, 6.45) is 4.59. The van der Waals surface area contributed by atoms with E-state index in [0.29, 0.717) is 6.04 Å². The maximum absolute atomic E-state index is 11.5. The topological polar surface area (TPSA) is 49.8 Å². The molecule has 100 valence electrons. The summed E-state index contributed by atoms with van der Waals surface area (Å²) in [5.41, 5.74) is 1.89. The summed E-state index contributed by atoms with van der Waals surface area (Å²) < 4.78 is 1.59. The molecule has 2 unspecified atom stereocenters. The fourth-order valence-corrected chi connectivity index (χ4v) is 3.54. The number of aromatic amines is 1. The Labute approximate surface area is 116 Å². The predicted octanol–water partition coefficient (Wildman–Crippen LogP) is 2.47. The zero-order valence-corrected chi connectivity index (χ0v) is 11.6. The third-order valence-corrected chi connectivity index (χ3v) is 4.72. The molecule has 1 aromatic carbocycles. The van der Waals surface area contributed by atoms with E-state index in [0.717, 1.165) is 16.6 Å². The summed E-state index contributed by atoms with van der Waals surface area (Å²) in [5, 5.41) is 4.29. The van der Waals surface area contributed by atoms with Gasteiger partial charge in [0, 0.05) is 35.1 Å². The van der Waals surface area contributed by atoms with E-state index in [4.69, 9.17) is 0 Å². The SMILES string of the molecule is CC1CC(Nc2ccc(-n3cc[nH]c3=O)cc2)CS1. The second-order valence-corrected chi connectivity index (χ2v) is 6.37. The van der Waals surface area contributed by atoms with Crippen molar-refractivity contribution >= 4 is 17.4 Å². The first kappa shape index (κ1) is 12.4. The van der Waals surface area contributed by atoms with Crippen molar-refractivity contribution in [2.75, 3.05) is 11.1 Å². The summed E-state index contributed by atoms with van der Waals surface area (Å²) >= 11 is 2.02. The Morgan fingerprint density at radius 3 is 2.74 bits per heavy atom. The van der Waals surface area contributed by atoms with Gasteiger partial charge in [0.1, 0.15) is 0 Å². The number of hydrogen-bond acceptors (Lipinski definition) is 3. The minimum absolute atomic E-state index is 0.110. The Bertz CT molecular complexity index is 602. The number of rotatable bonds is 3. The smallest absolute Gasteiger partial charge is 0.330 e. The molecule has 19 heavy (non-hydrogen) atoms. The lowest BCUT2D eigenvalue weighted by atomic mass is 10.2. The number of aromatic nitrogens is 2. The standard InChI is InChI=1S/C14H17N3OS/c1-10-8-12(9-19-10)16-11-2-4-13(5-3-11)17-7-6-15-14(17)18/h2-7,10,12,16H,8-9H2,1H3,(H,15,18). The summed E-state index contributed by atoms with van der Waals surface area (Å²) in [4.78, 5) is 14.1. The second-order valence-electron chi connectivity index (χ2n) is 4.90. The summed E-state index contributed by atoms with van der Waals surface area (Å²) in [6.45, 7) is 2.27. The Morgan fingerprint density at radius 2 is 2.16 bits per heavy atom. The monoisotopic (exact) mass is 275 g/mol. The van der Waals surface area contributed by atoms with Crippen LogP contribution in [0, 0.1) is 0 Å². The first-order valence-electron chi connectivity index (χ1n) is 6.47. The fraction of sp³-hybridized carbons (Fsp3) is 0.357. The van der Waals surface area contributed by atoms with Crippen LogP contribution < -0.4 is 11.0 Å². The fourth-order valence-electron chi connectivity index (χ4n) is 2.40. The van der Waals surface area contributed by atoms with Gasteiger partial charge in [-0.25, -0.2) is 4.79 Å². The van der Waals surface area contributed by atoms with Crippen LogP contribution in [0.4, 0.5) is 5.69 Å². The van der Waals surface area contributed by atoms with Gasteiger partial charge in [-0.15, -0.1) is 0 Å². The lowest BCUT2D eigenvalue weighted by Gasteiger charge is -2.13. The third-order valence-electron chi connectivity index (χ3n) is 3.36. The molecule has 0 radical (unpaired) electrons. The lowest BCUT2D eigenvalue weighted by molar-refractivity contribution is 0.747. The van der Waals surface area contributed by atoms with Crippen LogP contribution in [0.25, 0.3) is 5.69 Å². The molecule has 1 aromatic heterocycles. The quantitative estimate of drug-likeness (QED) is 0.904. The molecule has 2 N–H and O–H groups in total. The number of hydrogen-bond donors (Lipinski definition) is 2. The second kappa shape index (κ2) is 5.17. The van der Waals surface area contributed by atoms with E-state index in [9.17, 15) is 4.79 Å². The molecule has 1 aliphatic heterocycles. The average molecular weight is 275 g/mol. The molecule has 0 spiro atoms. The molecule has 0 bridgehead atoms. The van der Waals surface area contributed by atoms with E-state index in [1.165, 1.54) is 12.2 Å². The van der Waals surface area contributed by atoms with Crippen molar-refractivity contribution in [1.29, 1.82) is 0 Å². The predicted molar refractivity (Wildman–Crippen MR) is 80.3 cm³/mol. The van der Waals surface area contributed by atoms with E-state index >= 15 is 0 Å². The van der Waals surface area contributed by atoms with Crippen LogP contribution in [0.2, 0.25) is 0 Å². The molecule has 0 saturated carbocycles. The molecule has 2 heterocycles. The molecule has 5 heteroatoms. The highest BCUT2D eigenvalue weighted by atomic mass is 32.2. The highest BCUT2D eigenvalue weighted by Crippen LogP contribution is 2.28. The van der Waals surface area contributed by atoms with Gasteiger partial charge in [0.05, 0.1) is 5.69 Å². The Morgan fingerprint density at radius 1 is 1.37 bits per heavy atom. The van der Waals surface area contributed by atoms with Crippen LogP contribution in [0.3, 0.4) is 0 Å². The summed E-state index contributed by atoms with van der Waals surface area (Å²) in [7, 11) is 0. The van der Waals surface area contributed by atoms with Crippen LogP contribution >= 0.6 is 11.8 Å². The van der Waals surface area contributed by atoms with Crippen molar-refractivity contribution in [3.8, 4) is 5.69 Å². The van der Waals surface area contributed by atoms with Crippen molar-refractivity contribution in [2.45, 2.75) is 24.6 Å². The lowest BCUT2D eigenvalue weighted by Crippen LogP contribution is -2.19. The van der Waals surface area contributed by atoms with E-state index < -0.39 is 0 Å². The summed E-state index contributed by atoms with van der Waals surface area (Å²) in [5.74, 6) is 1.17. The van der Waals surface area contributed by atoms with Crippen LogP contribution in [0.1, 0.15) is 13.3 Å². The molecule has 1 saturated heterocycles. The number of nitrogens with one attached hydrogen (secondary N) is 2. The Balaban J connectivity index is 1.73. The van der Waals surface area contributed by atoms with Gasteiger partial charge >= 0.3 is 5.69 Å². The van der Waals surface area contributed by atoms with Crippen molar-refractivity contribution in [1.82, 2.24) is 9.55 Å². The zero-order valence-electron chi connectivity index (χ0n) is 10.8. The van der Waals surface area contributed by atoms with E-state index in [1.807, 2.05) is 36.0 Å². The van der Waals surface area contributed by atoms with E-state index in [-0.39, 0.29) is 5.69 Å². The van der Waals surface area contributed by atoms with Crippen LogP contribution in [0.15, 0.2) is 41.5 Å². The maximum atomic E-state index is 11.5. The number of benzene rings is 1. The van der Waals surface area contributed by atoms with Crippen LogP contribution in [-0.4, -0.2) is 26.6 Å². The van der Waals surface area contributed by atoms with Crippen LogP contribution in [-0.2, 0) is 0 Å². The molecule has 1 fully saturated rings. The number of nitrogens with zero attached hydrogens (tertiary/aromatic N) is 1. The minimum Gasteiger partial charge on any atom is -0.381 e. The van der Waals surface area contributed by atoms with E-state index in [2.05, 4.69) is 17.2 Å². The molecule has 3 rings (SSSR count). The largest absolute Gasteiger partial charge is 0.381 e. The van der Waals surface area contributed by atoms with Gasteiger partial charge in [0.25, 0.3) is 0 Å². The van der Waals surface area contributed by atoms with Crippen molar-refractivity contribution < 1.29 is 0 Å². The molecule has 0 amide bonds. The van der Waals surface area contributed by atoms with Gasteiger partial charge in [-0.05, 0) is 30.7 Å². The average Bonchev–Trinajstić information content (AvgIpc) is 3.00. The Kier molecular flexibility index (Phi) is 3.38. The normalized spacial score (nSPS) is 22.6. The number of H-pyrrole nitrogens is 1. The van der Waals surface area contributed by atoms with Crippen molar-refractivity contribution in [3.63, 3.8) is 0 Å². The van der Waals surface area contributed by atoms with Gasteiger partial charge in [-0.1, -0.05) is 6.92 Å².